The first-order chi connectivity index (χ1) is 9.15. The third kappa shape index (κ3) is 2.55. The van der Waals surface area contributed by atoms with E-state index in [1.165, 1.54) is 5.56 Å². The fourth-order valence-electron chi connectivity index (χ4n) is 2.27. The zero-order valence-electron chi connectivity index (χ0n) is 9.95. The van der Waals surface area contributed by atoms with Crippen molar-refractivity contribution in [3.63, 3.8) is 0 Å². The van der Waals surface area contributed by atoms with Gasteiger partial charge in [0, 0.05) is 6.42 Å². The van der Waals surface area contributed by atoms with Crippen molar-refractivity contribution in [2.75, 3.05) is 0 Å². The van der Waals surface area contributed by atoms with Crippen molar-refractivity contribution >= 4 is 34.8 Å². The summed E-state index contributed by atoms with van der Waals surface area (Å²) in [6.07, 6.45) is 0.737. The highest BCUT2D eigenvalue weighted by atomic mass is 35.5. The standard InChI is InChI=1S/C15H11Cl3O/c16-11-6-5-10(7-12(11)17)15(18)14-8-9-3-1-2-4-13(9)19-14/h1-7,14-15H,8H2. The average molecular weight is 314 g/mol. The molecule has 2 unspecified atom stereocenters. The Labute approximate surface area is 127 Å². The normalized spacial score (nSPS) is 18.8. The number of fused-ring (bicyclic) bond motifs is 1. The van der Waals surface area contributed by atoms with E-state index in [0.29, 0.717) is 10.0 Å². The van der Waals surface area contributed by atoms with E-state index in [1.54, 1.807) is 12.1 Å². The summed E-state index contributed by atoms with van der Waals surface area (Å²) in [6.45, 7) is 0. The summed E-state index contributed by atoms with van der Waals surface area (Å²) < 4.78 is 5.89. The Hall–Kier alpha value is -0.890. The molecule has 2 atom stereocenters. The molecule has 1 aliphatic heterocycles. The van der Waals surface area contributed by atoms with Crippen LogP contribution >= 0.6 is 34.8 Å². The first-order valence-corrected chi connectivity index (χ1v) is 7.18. The first-order valence-electron chi connectivity index (χ1n) is 5.99. The van der Waals surface area contributed by atoms with Gasteiger partial charge in [-0.3, -0.25) is 0 Å². The molecule has 0 aliphatic carbocycles. The third-order valence-corrected chi connectivity index (χ3v) is 4.53. The third-order valence-electron chi connectivity index (χ3n) is 3.26. The lowest BCUT2D eigenvalue weighted by atomic mass is 10.0. The van der Waals surface area contributed by atoms with Gasteiger partial charge in [0.2, 0.25) is 0 Å². The molecule has 3 rings (SSSR count). The molecule has 4 heteroatoms. The van der Waals surface area contributed by atoms with Crippen LogP contribution < -0.4 is 4.74 Å². The van der Waals surface area contributed by atoms with Gasteiger partial charge in [-0.2, -0.15) is 0 Å². The zero-order valence-corrected chi connectivity index (χ0v) is 12.2. The van der Waals surface area contributed by atoms with Gasteiger partial charge in [-0.15, -0.1) is 11.6 Å². The largest absolute Gasteiger partial charge is 0.488 e. The summed E-state index contributed by atoms with van der Waals surface area (Å²) in [6, 6.07) is 13.4. The molecule has 2 aromatic carbocycles. The first kappa shape index (κ1) is 13.1. The van der Waals surface area contributed by atoms with Gasteiger partial charge >= 0.3 is 0 Å². The van der Waals surface area contributed by atoms with Crippen molar-refractivity contribution in [1.29, 1.82) is 0 Å². The Bertz CT molecular complexity index is 587. The van der Waals surface area contributed by atoms with Crippen molar-refractivity contribution in [1.82, 2.24) is 0 Å². The molecule has 0 saturated heterocycles. The molecule has 98 valence electrons. The Morgan fingerprint density at radius 2 is 1.84 bits per heavy atom. The number of alkyl halides is 1. The molecule has 0 saturated carbocycles. The van der Waals surface area contributed by atoms with Crippen LogP contribution in [0.5, 0.6) is 5.75 Å². The molecule has 1 nitrogen and oxygen atoms in total. The number of hydrogen-bond acceptors (Lipinski definition) is 1. The second-order valence-electron chi connectivity index (χ2n) is 4.54. The van der Waals surface area contributed by atoms with Crippen LogP contribution in [0.2, 0.25) is 10.0 Å². The van der Waals surface area contributed by atoms with Crippen molar-refractivity contribution < 1.29 is 4.74 Å². The summed E-state index contributed by atoms with van der Waals surface area (Å²) in [5.41, 5.74) is 2.12. The lowest BCUT2D eigenvalue weighted by Gasteiger charge is -2.18. The number of para-hydroxylation sites is 1. The summed E-state index contributed by atoms with van der Waals surface area (Å²) in [4.78, 5) is 0. The summed E-state index contributed by atoms with van der Waals surface area (Å²) in [7, 11) is 0. The summed E-state index contributed by atoms with van der Waals surface area (Å²) in [5, 5.41) is 0.799. The highest BCUT2D eigenvalue weighted by molar-refractivity contribution is 6.42. The predicted molar refractivity (Wildman–Crippen MR) is 79.6 cm³/mol. The lowest BCUT2D eigenvalue weighted by Crippen LogP contribution is -2.19. The van der Waals surface area contributed by atoms with Crippen molar-refractivity contribution in [2.24, 2.45) is 0 Å². The average Bonchev–Trinajstić information content (AvgIpc) is 2.85. The van der Waals surface area contributed by atoms with E-state index in [4.69, 9.17) is 39.5 Å². The second-order valence-corrected chi connectivity index (χ2v) is 5.83. The molecule has 2 aromatic rings. The minimum absolute atomic E-state index is 0.0729. The topological polar surface area (TPSA) is 9.23 Å². The highest BCUT2D eigenvalue weighted by Crippen LogP contribution is 2.38. The number of ether oxygens (including phenoxy) is 1. The Kier molecular flexibility index (Phi) is 3.62. The highest BCUT2D eigenvalue weighted by Gasteiger charge is 2.30. The fraction of sp³-hybridized carbons (Fsp3) is 0.200. The number of halogens is 3. The smallest absolute Gasteiger partial charge is 0.123 e. The maximum absolute atomic E-state index is 6.50. The van der Waals surface area contributed by atoms with Gasteiger partial charge < -0.3 is 4.74 Å². The van der Waals surface area contributed by atoms with Gasteiger partial charge in [0.05, 0.1) is 15.4 Å². The summed E-state index contributed by atoms with van der Waals surface area (Å²) in [5.74, 6) is 0.915. The minimum Gasteiger partial charge on any atom is -0.488 e. The Morgan fingerprint density at radius 3 is 2.58 bits per heavy atom. The van der Waals surface area contributed by atoms with Crippen LogP contribution in [0.3, 0.4) is 0 Å². The van der Waals surface area contributed by atoms with Gasteiger partial charge in [-0.05, 0) is 29.3 Å². The van der Waals surface area contributed by atoms with Crippen molar-refractivity contribution in [2.45, 2.75) is 17.9 Å². The second kappa shape index (κ2) is 5.24. The molecule has 0 fully saturated rings. The Morgan fingerprint density at radius 1 is 1.05 bits per heavy atom. The van der Waals surface area contributed by atoms with E-state index in [-0.39, 0.29) is 11.5 Å². The maximum atomic E-state index is 6.50. The SMILES string of the molecule is Clc1ccc(C(Cl)C2Cc3ccccc3O2)cc1Cl. The van der Waals surface area contributed by atoms with Gasteiger partial charge in [0.25, 0.3) is 0 Å². The molecular formula is C15H11Cl3O. The van der Waals surface area contributed by atoms with Crippen molar-refractivity contribution in [3.8, 4) is 5.75 Å². The van der Waals surface area contributed by atoms with Gasteiger partial charge in [0.15, 0.2) is 0 Å². The van der Waals surface area contributed by atoms with Crippen LogP contribution in [-0.4, -0.2) is 6.10 Å². The fourth-order valence-corrected chi connectivity index (χ4v) is 2.85. The van der Waals surface area contributed by atoms with Gasteiger partial charge in [-0.25, -0.2) is 0 Å². The maximum Gasteiger partial charge on any atom is 0.123 e. The van der Waals surface area contributed by atoms with Gasteiger partial charge in [0.1, 0.15) is 11.9 Å². The summed E-state index contributed by atoms with van der Waals surface area (Å²) >= 11 is 18.4. The minimum atomic E-state index is -0.248. The van der Waals surface area contributed by atoms with E-state index >= 15 is 0 Å². The molecule has 0 bridgehead atoms. The van der Waals surface area contributed by atoms with Gasteiger partial charge in [-0.1, -0.05) is 47.5 Å². The van der Waals surface area contributed by atoms with Crippen molar-refractivity contribution in [3.05, 3.63) is 63.6 Å². The molecule has 1 aliphatic rings. The van der Waals surface area contributed by atoms with Crippen LogP contribution in [0.25, 0.3) is 0 Å². The number of rotatable bonds is 2. The molecular weight excluding hydrogens is 303 g/mol. The van der Waals surface area contributed by atoms with Crippen LogP contribution in [0.15, 0.2) is 42.5 Å². The van der Waals surface area contributed by atoms with E-state index in [2.05, 4.69) is 6.07 Å². The van der Waals surface area contributed by atoms with E-state index in [9.17, 15) is 0 Å². The molecule has 19 heavy (non-hydrogen) atoms. The molecule has 1 heterocycles. The lowest BCUT2D eigenvalue weighted by molar-refractivity contribution is 0.227. The molecule has 0 N–H and O–H groups in total. The van der Waals surface area contributed by atoms with Crippen LogP contribution in [0.1, 0.15) is 16.5 Å². The Balaban J connectivity index is 1.82. The molecule has 0 amide bonds. The molecule has 0 aromatic heterocycles. The quantitative estimate of drug-likeness (QED) is 0.686. The van der Waals surface area contributed by atoms with Crippen LogP contribution in [0.4, 0.5) is 0 Å². The predicted octanol–water partition coefficient (Wildman–Crippen LogP) is 5.28. The van der Waals surface area contributed by atoms with Crippen LogP contribution in [-0.2, 0) is 6.42 Å². The molecule has 0 radical (unpaired) electrons. The zero-order chi connectivity index (χ0) is 13.4. The number of benzene rings is 2. The van der Waals surface area contributed by atoms with E-state index in [0.717, 1.165) is 17.7 Å². The monoisotopic (exact) mass is 312 g/mol. The van der Waals surface area contributed by atoms with Crippen LogP contribution in [0, 0.1) is 0 Å². The molecule has 0 spiro atoms. The van der Waals surface area contributed by atoms with E-state index in [1.807, 2.05) is 24.3 Å². The van der Waals surface area contributed by atoms with E-state index < -0.39 is 0 Å². The number of hydrogen-bond donors (Lipinski definition) is 0.